The maximum absolute atomic E-state index is 11.7. The predicted octanol–water partition coefficient (Wildman–Crippen LogP) is 0.877. The minimum Gasteiger partial charge on any atom is -0.483 e. The van der Waals surface area contributed by atoms with Gasteiger partial charge in [0.25, 0.3) is 11.8 Å². The number of hydrazine groups is 1. The van der Waals surface area contributed by atoms with Gasteiger partial charge in [-0.1, -0.05) is 18.2 Å². The molecule has 22 heavy (non-hydrogen) atoms. The van der Waals surface area contributed by atoms with Crippen LogP contribution >= 0.6 is 0 Å². The van der Waals surface area contributed by atoms with Crippen molar-refractivity contribution in [2.75, 3.05) is 6.61 Å². The van der Waals surface area contributed by atoms with Crippen molar-refractivity contribution in [3.8, 4) is 5.75 Å². The van der Waals surface area contributed by atoms with Gasteiger partial charge >= 0.3 is 0 Å². The average molecular weight is 302 g/mol. The topological polar surface area (TPSA) is 85.2 Å². The predicted molar refractivity (Wildman–Crippen MR) is 80.2 cm³/mol. The van der Waals surface area contributed by atoms with Crippen LogP contribution in [0.5, 0.6) is 5.75 Å². The Morgan fingerprint density at radius 1 is 1.23 bits per heavy atom. The van der Waals surface area contributed by atoms with Gasteiger partial charge < -0.3 is 4.74 Å². The van der Waals surface area contributed by atoms with Crippen LogP contribution in [0.15, 0.2) is 30.6 Å². The van der Waals surface area contributed by atoms with Crippen molar-refractivity contribution in [1.29, 1.82) is 0 Å². The number of aryl methyl sites for hydroxylation is 3. The van der Waals surface area contributed by atoms with Crippen LogP contribution in [0.2, 0.25) is 0 Å². The largest absolute Gasteiger partial charge is 0.483 e. The first kappa shape index (κ1) is 15.6. The van der Waals surface area contributed by atoms with Crippen LogP contribution in [0.3, 0.4) is 0 Å². The lowest BCUT2D eigenvalue weighted by atomic mass is 10.1. The van der Waals surface area contributed by atoms with E-state index < -0.39 is 11.8 Å². The van der Waals surface area contributed by atoms with E-state index in [9.17, 15) is 9.59 Å². The van der Waals surface area contributed by atoms with Gasteiger partial charge in [0.05, 0.1) is 11.8 Å². The molecule has 0 aliphatic carbocycles. The van der Waals surface area contributed by atoms with Crippen LogP contribution in [0.4, 0.5) is 0 Å². The van der Waals surface area contributed by atoms with Crippen molar-refractivity contribution < 1.29 is 14.3 Å². The van der Waals surface area contributed by atoms with Gasteiger partial charge in [-0.15, -0.1) is 0 Å². The Kier molecular flexibility index (Phi) is 4.77. The highest BCUT2D eigenvalue weighted by molar-refractivity contribution is 5.95. The first-order chi connectivity index (χ1) is 10.5. The van der Waals surface area contributed by atoms with Crippen molar-refractivity contribution in [3.63, 3.8) is 0 Å². The third-order valence-electron chi connectivity index (χ3n) is 3.04. The second-order valence-corrected chi connectivity index (χ2v) is 4.91. The molecule has 0 radical (unpaired) electrons. The lowest BCUT2D eigenvalue weighted by molar-refractivity contribution is -0.123. The van der Waals surface area contributed by atoms with Crippen LogP contribution in [-0.2, 0) is 11.8 Å². The molecule has 2 rings (SSSR count). The summed E-state index contributed by atoms with van der Waals surface area (Å²) in [6, 6.07) is 5.74. The van der Waals surface area contributed by atoms with E-state index in [1.807, 2.05) is 32.0 Å². The molecule has 0 bridgehead atoms. The quantitative estimate of drug-likeness (QED) is 0.821. The van der Waals surface area contributed by atoms with Gasteiger partial charge in [0.15, 0.2) is 6.61 Å². The number of benzene rings is 1. The third kappa shape index (κ3) is 3.85. The number of nitrogens with zero attached hydrogens (tertiary/aromatic N) is 2. The van der Waals surface area contributed by atoms with Gasteiger partial charge in [0.1, 0.15) is 5.75 Å². The van der Waals surface area contributed by atoms with Gasteiger partial charge in [-0.2, -0.15) is 5.10 Å². The van der Waals surface area contributed by atoms with E-state index in [0.717, 1.165) is 11.1 Å². The normalized spacial score (nSPS) is 10.1. The van der Waals surface area contributed by atoms with Crippen molar-refractivity contribution in [2.24, 2.45) is 7.05 Å². The molecule has 2 N–H and O–H groups in total. The maximum Gasteiger partial charge on any atom is 0.276 e. The molecule has 0 saturated carbocycles. The minimum atomic E-state index is -0.445. The molecule has 0 atom stereocenters. The average Bonchev–Trinajstić information content (AvgIpc) is 2.91. The first-order valence-electron chi connectivity index (χ1n) is 6.74. The Morgan fingerprint density at radius 2 is 1.91 bits per heavy atom. The molecule has 0 aliphatic heterocycles. The molecule has 0 spiro atoms. The zero-order chi connectivity index (χ0) is 16.1. The van der Waals surface area contributed by atoms with E-state index >= 15 is 0 Å². The summed E-state index contributed by atoms with van der Waals surface area (Å²) in [5.74, 6) is -0.204. The Balaban J connectivity index is 1.82. The van der Waals surface area contributed by atoms with E-state index in [2.05, 4.69) is 16.0 Å². The number of para-hydroxylation sites is 1. The number of ether oxygens (including phenoxy) is 1. The molecule has 2 aromatic rings. The number of carbonyl (C=O) groups is 2. The third-order valence-corrected chi connectivity index (χ3v) is 3.04. The number of rotatable bonds is 4. The van der Waals surface area contributed by atoms with E-state index in [-0.39, 0.29) is 6.61 Å². The van der Waals surface area contributed by atoms with Crippen molar-refractivity contribution in [2.45, 2.75) is 13.8 Å². The minimum absolute atomic E-state index is 0.182. The summed E-state index contributed by atoms with van der Waals surface area (Å²) in [5, 5.41) is 3.88. The summed E-state index contributed by atoms with van der Waals surface area (Å²) in [7, 11) is 1.70. The number of carbonyl (C=O) groups excluding carboxylic acids is 2. The molecule has 116 valence electrons. The number of hydrogen-bond acceptors (Lipinski definition) is 4. The zero-order valence-electron chi connectivity index (χ0n) is 12.7. The van der Waals surface area contributed by atoms with Gasteiger partial charge in [-0.05, 0) is 25.0 Å². The molecule has 1 aromatic carbocycles. The van der Waals surface area contributed by atoms with Crippen LogP contribution < -0.4 is 15.6 Å². The van der Waals surface area contributed by atoms with E-state index in [0.29, 0.717) is 11.3 Å². The number of amides is 2. The van der Waals surface area contributed by atoms with E-state index in [1.54, 1.807) is 13.2 Å². The number of nitrogens with one attached hydrogen (secondary N) is 2. The molecule has 1 heterocycles. The van der Waals surface area contributed by atoms with Gasteiger partial charge in [0, 0.05) is 13.2 Å². The van der Waals surface area contributed by atoms with Gasteiger partial charge in [0.2, 0.25) is 0 Å². The van der Waals surface area contributed by atoms with E-state index in [1.165, 1.54) is 10.9 Å². The highest BCUT2D eigenvalue weighted by Crippen LogP contribution is 2.21. The molecular formula is C15H18N4O3. The monoisotopic (exact) mass is 302 g/mol. The van der Waals surface area contributed by atoms with Crippen molar-refractivity contribution in [1.82, 2.24) is 20.6 Å². The first-order valence-corrected chi connectivity index (χ1v) is 6.74. The fourth-order valence-corrected chi connectivity index (χ4v) is 1.94. The van der Waals surface area contributed by atoms with Crippen LogP contribution in [0, 0.1) is 13.8 Å². The van der Waals surface area contributed by atoms with Gasteiger partial charge in [-0.3, -0.25) is 25.1 Å². The van der Waals surface area contributed by atoms with Crippen LogP contribution in [0.1, 0.15) is 21.5 Å². The van der Waals surface area contributed by atoms with E-state index in [4.69, 9.17) is 4.74 Å². The smallest absolute Gasteiger partial charge is 0.276 e. The Bertz CT molecular complexity index is 674. The molecule has 2 amide bonds. The molecule has 0 unspecified atom stereocenters. The summed E-state index contributed by atoms with van der Waals surface area (Å²) in [4.78, 5) is 23.4. The fraction of sp³-hybridized carbons (Fsp3) is 0.267. The molecule has 0 fully saturated rings. The molecule has 0 aliphatic rings. The summed E-state index contributed by atoms with van der Waals surface area (Å²) in [6.07, 6.45) is 2.96. The maximum atomic E-state index is 11.7. The Hall–Kier alpha value is -2.83. The Labute approximate surface area is 128 Å². The number of hydrogen-bond donors (Lipinski definition) is 2. The molecule has 7 nitrogen and oxygen atoms in total. The molecule has 1 aromatic heterocycles. The SMILES string of the molecule is Cc1cccc(C)c1OCC(=O)NNC(=O)c1cnn(C)c1. The van der Waals surface area contributed by atoms with Crippen molar-refractivity contribution >= 4 is 11.8 Å². The molecule has 7 heteroatoms. The highest BCUT2D eigenvalue weighted by atomic mass is 16.5. The van der Waals surface area contributed by atoms with Crippen molar-refractivity contribution in [3.05, 3.63) is 47.3 Å². The second kappa shape index (κ2) is 6.75. The number of aromatic nitrogens is 2. The lowest BCUT2D eigenvalue weighted by Gasteiger charge is -2.12. The Morgan fingerprint density at radius 3 is 2.50 bits per heavy atom. The summed E-state index contributed by atoms with van der Waals surface area (Å²) < 4.78 is 6.99. The summed E-state index contributed by atoms with van der Waals surface area (Å²) in [5.41, 5.74) is 6.87. The lowest BCUT2D eigenvalue weighted by Crippen LogP contribution is -2.43. The summed E-state index contributed by atoms with van der Waals surface area (Å²) in [6.45, 7) is 3.63. The highest BCUT2D eigenvalue weighted by Gasteiger charge is 2.10. The molecule has 0 saturated heterocycles. The zero-order valence-corrected chi connectivity index (χ0v) is 12.7. The fourth-order valence-electron chi connectivity index (χ4n) is 1.94. The summed E-state index contributed by atoms with van der Waals surface area (Å²) >= 11 is 0. The second-order valence-electron chi connectivity index (χ2n) is 4.91. The van der Waals surface area contributed by atoms with Crippen LogP contribution in [0.25, 0.3) is 0 Å². The standard InChI is InChI=1S/C15H18N4O3/c1-10-5-4-6-11(2)14(10)22-9-13(20)17-18-15(21)12-7-16-19(3)8-12/h4-8H,9H2,1-3H3,(H,17,20)(H,18,21). The van der Waals surface area contributed by atoms with Gasteiger partial charge in [-0.25, -0.2) is 0 Å². The van der Waals surface area contributed by atoms with Crippen LogP contribution in [-0.4, -0.2) is 28.2 Å². The molecular weight excluding hydrogens is 284 g/mol.